The first-order valence-corrected chi connectivity index (χ1v) is 16.5. The quantitative estimate of drug-likeness (QED) is 0.176. The Kier molecular flexibility index (Phi) is 4.76. The molecular weight excluding hydrogens is 605 g/mol. The summed E-state index contributed by atoms with van der Waals surface area (Å²) in [6.07, 6.45) is 0. The Morgan fingerprint density at radius 1 is 0.340 bits per heavy atom. The Hall–Kier alpha value is -6.64. The number of hydrogen-bond donors (Lipinski definition) is 0. The summed E-state index contributed by atoms with van der Waals surface area (Å²) in [5.41, 5.74) is 8.00. The molecule has 8 aromatic carbocycles. The van der Waals surface area contributed by atoms with Gasteiger partial charge in [0.05, 0.1) is 34.4 Å². The second-order valence-corrected chi connectivity index (χ2v) is 12.3. The summed E-state index contributed by atoms with van der Waals surface area (Å²) in [5.74, 6) is 0. The minimum absolute atomic E-state index is 0.0203. The zero-order chi connectivity index (χ0) is 40.9. The molecule has 50 heavy (non-hydrogen) atoms. The van der Waals surface area contributed by atoms with E-state index in [1.54, 1.807) is 4.57 Å². The van der Waals surface area contributed by atoms with E-state index < -0.39 is 42.3 Å². The number of rotatable bonds is 5. The van der Waals surface area contributed by atoms with Gasteiger partial charge in [0.2, 0.25) is 0 Å². The molecule has 0 bridgehead atoms. The van der Waals surface area contributed by atoms with Crippen LogP contribution in [0.2, 0.25) is 0 Å². The summed E-state index contributed by atoms with van der Waals surface area (Å²) in [7, 11) is 0. The summed E-state index contributed by atoms with van der Waals surface area (Å²) >= 11 is 0. The number of para-hydroxylation sites is 2. The predicted octanol–water partition coefficient (Wildman–Crippen LogP) is 12.9. The maximum absolute atomic E-state index is 9.55. The van der Waals surface area contributed by atoms with Crippen LogP contribution in [0.15, 0.2) is 194 Å². The average molecular weight is 646 g/mol. The number of aromatic nitrogens is 2. The largest absolute Gasteiger partial charge is 0.309 e. The number of hydrogen-bond acceptors (Lipinski definition) is 0. The van der Waals surface area contributed by atoms with Crippen LogP contribution in [-0.4, -0.2) is 9.13 Å². The number of fused-ring (bicyclic) bond motifs is 7. The van der Waals surface area contributed by atoms with Crippen molar-refractivity contribution in [2.75, 3.05) is 0 Å². The van der Waals surface area contributed by atoms with Crippen LogP contribution in [0.1, 0.15) is 12.3 Å². The molecule has 0 saturated heterocycles. The normalized spacial score (nSPS) is 14.1. The maximum Gasteiger partial charge on any atom is 0.0651 e. The molecule has 2 aromatic heterocycles. The lowest BCUT2D eigenvalue weighted by molar-refractivity contribution is 1.17. The van der Waals surface area contributed by atoms with Gasteiger partial charge < -0.3 is 9.13 Å². The Balaban J connectivity index is 1.23. The van der Waals surface area contributed by atoms with Gasteiger partial charge >= 0.3 is 0 Å². The van der Waals surface area contributed by atoms with Crippen molar-refractivity contribution >= 4 is 43.6 Å². The minimum Gasteiger partial charge on any atom is -0.309 e. The molecule has 10 rings (SSSR count). The van der Waals surface area contributed by atoms with E-state index in [2.05, 4.69) is 77.4 Å². The Morgan fingerprint density at radius 3 is 1.56 bits per heavy atom. The van der Waals surface area contributed by atoms with Crippen molar-refractivity contribution in [3.05, 3.63) is 194 Å². The molecule has 0 radical (unpaired) electrons. The SMILES string of the molecule is [2H]c1c([2H])c([2H])c(-c2c([2H])c([2H])c([2H])c(-n3c4ccccc4c4c5c6ccccc6n(-c6cccc(-c7ccc(-c8ccccc8)cc7)c6)c5ccc43)c2[2H])c([2H])c1[2H]. The molecule has 0 amide bonds. The van der Waals surface area contributed by atoms with Crippen LogP contribution in [0.3, 0.4) is 0 Å². The van der Waals surface area contributed by atoms with Crippen LogP contribution in [0.4, 0.5) is 0 Å². The van der Waals surface area contributed by atoms with Gasteiger partial charge in [0.25, 0.3) is 0 Å². The maximum atomic E-state index is 9.55. The summed E-state index contributed by atoms with van der Waals surface area (Å²) in [4.78, 5) is 0. The average Bonchev–Trinajstić information content (AvgIpc) is 3.79. The summed E-state index contributed by atoms with van der Waals surface area (Å²) in [6, 6.07) is 42.4. The first-order valence-electron chi connectivity index (χ1n) is 21.0. The van der Waals surface area contributed by atoms with Crippen LogP contribution in [0.25, 0.3) is 88.4 Å². The highest BCUT2D eigenvalue weighted by Gasteiger charge is 2.20. The lowest BCUT2D eigenvalue weighted by Gasteiger charge is -2.12. The number of nitrogens with zero attached hydrogens (tertiary/aromatic N) is 2. The van der Waals surface area contributed by atoms with Crippen LogP contribution in [0, 0.1) is 0 Å². The molecule has 0 spiro atoms. The summed E-state index contributed by atoms with van der Waals surface area (Å²) in [5, 5.41) is 3.66. The minimum atomic E-state index is -0.607. The van der Waals surface area contributed by atoms with Gasteiger partial charge in [-0.3, -0.25) is 0 Å². The topological polar surface area (TPSA) is 9.86 Å². The molecule has 234 valence electrons. The lowest BCUT2D eigenvalue weighted by Crippen LogP contribution is -1.95. The van der Waals surface area contributed by atoms with Crippen molar-refractivity contribution in [3.63, 3.8) is 0 Å². The van der Waals surface area contributed by atoms with Crippen molar-refractivity contribution in [3.8, 4) is 44.8 Å². The van der Waals surface area contributed by atoms with Gasteiger partial charge in [-0.15, -0.1) is 0 Å². The Bertz CT molecular complexity index is 3340. The van der Waals surface area contributed by atoms with Crippen molar-refractivity contribution in [1.82, 2.24) is 9.13 Å². The van der Waals surface area contributed by atoms with Crippen molar-refractivity contribution in [1.29, 1.82) is 0 Å². The standard InChI is InChI=1S/C48H32N2/c1-3-13-33(14-4-1)35-25-27-36(28-26-35)38-18-12-20-40(32-38)50-44-24-10-8-22-42(44)48-46(50)30-29-45-47(48)41-21-7-9-23-43(41)49(45)39-19-11-17-37(31-39)34-15-5-2-6-16-34/h1-32H/i2D,5D,6D,11D,15D,16D,17D,19D,31D. The first kappa shape index (κ1) is 20.7. The van der Waals surface area contributed by atoms with E-state index in [1.807, 2.05) is 66.7 Å². The van der Waals surface area contributed by atoms with Gasteiger partial charge in [-0.2, -0.15) is 0 Å². The fourth-order valence-electron chi connectivity index (χ4n) is 7.29. The molecule has 0 saturated carbocycles. The molecule has 0 aliphatic heterocycles. The second kappa shape index (κ2) is 11.5. The van der Waals surface area contributed by atoms with E-state index in [1.165, 1.54) is 0 Å². The van der Waals surface area contributed by atoms with E-state index in [9.17, 15) is 2.74 Å². The molecule has 2 nitrogen and oxygen atoms in total. The predicted molar refractivity (Wildman–Crippen MR) is 211 cm³/mol. The molecule has 2 heterocycles. The fourth-order valence-corrected chi connectivity index (χ4v) is 7.29. The van der Waals surface area contributed by atoms with E-state index in [0.29, 0.717) is 11.0 Å². The van der Waals surface area contributed by atoms with Gasteiger partial charge in [0.1, 0.15) is 0 Å². The summed E-state index contributed by atoms with van der Waals surface area (Å²) in [6.45, 7) is 0. The summed E-state index contributed by atoms with van der Waals surface area (Å²) < 4.78 is 82.6. The first-order chi connectivity index (χ1) is 28.6. The Morgan fingerprint density at radius 2 is 0.880 bits per heavy atom. The van der Waals surface area contributed by atoms with E-state index in [4.69, 9.17) is 9.60 Å². The van der Waals surface area contributed by atoms with Crippen molar-refractivity contribution in [2.24, 2.45) is 0 Å². The molecular formula is C48H32N2. The van der Waals surface area contributed by atoms with Gasteiger partial charge in [0, 0.05) is 32.9 Å². The van der Waals surface area contributed by atoms with Gasteiger partial charge in [0.15, 0.2) is 0 Å². The zero-order valence-electron chi connectivity index (χ0n) is 35.7. The molecule has 0 aliphatic carbocycles. The van der Waals surface area contributed by atoms with Crippen LogP contribution < -0.4 is 0 Å². The second-order valence-electron chi connectivity index (χ2n) is 12.3. The van der Waals surface area contributed by atoms with Crippen LogP contribution in [-0.2, 0) is 0 Å². The molecule has 0 aliphatic rings. The van der Waals surface area contributed by atoms with Gasteiger partial charge in [-0.1, -0.05) is 145 Å². The highest BCUT2D eigenvalue weighted by molar-refractivity contribution is 6.28. The Labute approximate surface area is 303 Å². The molecule has 0 atom stereocenters. The van der Waals surface area contributed by atoms with Crippen molar-refractivity contribution in [2.45, 2.75) is 0 Å². The van der Waals surface area contributed by atoms with Gasteiger partial charge in [-0.05, 0) is 81.9 Å². The smallest absolute Gasteiger partial charge is 0.0651 e. The number of benzene rings is 8. The highest BCUT2D eigenvalue weighted by Crippen LogP contribution is 2.43. The molecule has 10 aromatic rings. The fraction of sp³-hybridized carbons (Fsp3) is 0. The third kappa shape index (κ3) is 4.50. The van der Waals surface area contributed by atoms with E-state index >= 15 is 0 Å². The van der Waals surface area contributed by atoms with E-state index in [0.717, 1.165) is 60.5 Å². The molecule has 0 fully saturated rings. The lowest BCUT2D eigenvalue weighted by atomic mass is 10.00. The zero-order valence-corrected chi connectivity index (χ0v) is 26.7. The van der Waals surface area contributed by atoms with Crippen LogP contribution in [0.5, 0.6) is 0 Å². The third-order valence-corrected chi connectivity index (χ3v) is 9.49. The third-order valence-electron chi connectivity index (χ3n) is 9.49. The van der Waals surface area contributed by atoms with Gasteiger partial charge in [-0.25, -0.2) is 0 Å². The van der Waals surface area contributed by atoms with Crippen molar-refractivity contribution < 1.29 is 12.3 Å². The molecule has 2 heteroatoms. The van der Waals surface area contributed by atoms with E-state index in [-0.39, 0.29) is 28.9 Å². The monoisotopic (exact) mass is 645 g/mol. The van der Waals surface area contributed by atoms with Crippen LogP contribution >= 0.6 is 0 Å². The molecule has 0 unspecified atom stereocenters. The molecule has 0 N–H and O–H groups in total. The highest BCUT2D eigenvalue weighted by atomic mass is 15.0.